The first-order chi connectivity index (χ1) is 13.3. The van der Waals surface area contributed by atoms with Gasteiger partial charge >= 0.3 is 0 Å². The van der Waals surface area contributed by atoms with Crippen LogP contribution >= 0.6 is 11.6 Å². The lowest BCUT2D eigenvalue weighted by molar-refractivity contribution is -0.116. The predicted molar refractivity (Wildman–Crippen MR) is 110 cm³/mol. The third-order valence-electron chi connectivity index (χ3n) is 3.93. The van der Waals surface area contributed by atoms with Crippen LogP contribution in [0.15, 0.2) is 41.3 Å². The van der Waals surface area contributed by atoms with E-state index in [0.29, 0.717) is 18.7 Å². The molecule has 0 bridgehead atoms. The summed E-state index contributed by atoms with van der Waals surface area (Å²) in [5, 5.41) is 10.2. The molecule has 0 aliphatic rings. The molecule has 0 fully saturated rings. The molecule has 0 spiro atoms. The van der Waals surface area contributed by atoms with Gasteiger partial charge in [-0.2, -0.15) is 0 Å². The van der Waals surface area contributed by atoms with Crippen LogP contribution in [0.25, 0.3) is 0 Å². The highest BCUT2D eigenvalue weighted by atomic mass is 35.5. The number of rotatable bonds is 10. The summed E-state index contributed by atoms with van der Waals surface area (Å²) >= 11 is 5.63. The first-order valence-electron chi connectivity index (χ1n) is 8.90. The van der Waals surface area contributed by atoms with Crippen molar-refractivity contribution in [2.24, 2.45) is 0 Å². The molecule has 0 aliphatic heterocycles. The monoisotopic (exact) mass is 425 g/mol. The van der Waals surface area contributed by atoms with Gasteiger partial charge in [-0.05, 0) is 56.4 Å². The fraction of sp³-hybridized carbons (Fsp3) is 0.389. The van der Waals surface area contributed by atoms with Gasteiger partial charge in [-0.25, -0.2) is 8.42 Å². The number of sulfonamides is 1. The standard InChI is InChI=1S/C18H24ClN5O3S/c1-3-4-12-24(2)13-11-18(25)20-14-5-7-15(8-6-14)28(26,27)23-17-10-9-16(19)21-22-17/h5-10H,3-4,11-13H2,1-2H3,(H,20,25)(H,22,23). The zero-order valence-electron chi connectivity index (χ0n) is 15.9. The lowest BCUT2D eigenvalue weighted by atomic mass is 10.3. The number of nitrogens with one attached hydrogen (secondary N) is 2. The number of halogens is 1. The number of nitrogens with zero attached hydrogens (tertiary/aromatic N) is 3. The van der Waals surface area contributed by atoms with Gasteiger partial charge in [0.25, 0.3) is 10.0 Å². The molecule has 2 aromatic rings. The van der Waals surface area contributed by atoms with Crippen LogP contribution in [0.2, 0.25) is 5.15 Å². The van der Waals surface area contributed by atoms with Gasteiger partial charge in [0.1, 0.15) is 0 Å². The molecule has 1 amide bonds. The Morgan fingerprint density at radius 1 is 1.11 bits per heavy atom. The van der Waals surface area contributed by atoms with Crippen molar-refractivity contribution < 1.29 is 13.2 Å². The number of unbranched alkanes of at least 4 members (excludes halogenated alkanes) is 1. The van der Waals surface area contributed by atoms with E-state index >= 15 is 0 Å². The van der Waals surface area contributed by atoms with Crippen LogP contribution in [0.4, 0.5) is 11.5 Å². The zero-order chi connectivity index (χ0) is 20.6. The normalized spacial score (nSPS) is 11.4. The average molecular weight is 426 g/mol. The van der Waals surface area contributed by atoms with Crippen molar-refractivity contribution in [1.82, 2.24) is 15.1 Å². The van der Waals surface area contributed by atoms with Crippen LogP contribution in [0.1, 0.15) is 26.2 Å². The van der Waals surface area contributed by atoms with Crippen molar-refractivity contribution in [1.29, 1.82) is 0 Å². The molecule has 1 heterocycles. The van der Waals surface area contributed by atoms with Crippen molar-refractivity contribution in [2.45, 2.75) is 31.1 Å². The second-order valence-corrected chi connectivity index (χ2v) is 8.40. The van der Waals surface area contributed by atoms with Crippen molar-refractivity contribution in [3.63, 3.8) is 0 Å². The van der Waals surface area contributed by atoms with Gasteiger partial charge in [0.05, 0.1) is 4.90 Å². The van der Waals surface area contributed by atoms with Crippen LogP contribution in [0, 0.1) is 0 Å². The maximum Gasteiger partial charge on any atom is 0.263 e. The van der Waals surface area contributed by atoms with Crippen molar-refractivity contribution in [2.75, 3.05) is 30.2 Å². The van der Waals surface area contributed by atoms with Crippen molar-refractivity contribution in [3.05, 3.63) is 41.6 Å². The molecule has 0 aliphatic carbocycles. The first-order valence-corrected chi connectivity index (χ1v) is 10.8. The number of aromatic nitrogens is 2. The van der Waals surface area contributed by atoms with Crippen LogP contribution in [0.3, 0.4) is 0 Å². The Balaban J connectivity index is 1.91. The molecule has 2 N–H and O–H groups in total. The summed E-state index contributed by atoms with van der Waals surface area (Å²) in [6.07, 6.45) is 2.59. The Bertz CT molecular complexity index is 873. The van der Waals surface area contributed by atoms with Gasteiger partial charge in [0.15, 0.2) is 11.0 Å². The fourth-order valence-electron chi connectivity index (χ4n) is 2.34. The summed E-state index contributed by atoms with van der Waals surface area (Å²) in [5.74, 6) is -0.0532. The highest BCUT2D eigenvalue weighted by Gasteiger charge is 2.15. The van der Waals surface area contributed by atoms with Gasteiger partial charge < -0.3 is 10.2 Å². The van der Waals surface area contributed by atoms with Gasteiger partial charge in [-0.3, -0.25) is 9.52 Å². The molecule has 28 heavy (non-hydrogen) atoms. The molecule has 10 heteroatoms. The minimum Gasteiger partial charge on any atom is -0.326 e. The van der Waals surface area contributed by atoms with Gasteiger partial charge in [0.2, 0.25) is 5.91 Å². The Morgan fingerprint density at radius 3 is 2.43 bits per heavy atom. The summed E-state index contributed by atoms with van der Waals surface area (Å²) in [7, 11) is -1.83. The number of amides is 1. The summed E-state index contributed by atoms with van der Waals surface area (Å²) in [6.45, 7) is 3.76. The topological polar surface area (TPSA) is 104 Å². The van der Waals surface area contributed by atoms with E-state index in [-0.39, 0.29) is 21.8 Å². The third-order valence-corrected chi connectivity index (χ3v) is 5.51. The molecule has 0 atom stereocenters. The van der Waals surface area contributed by atoms with Crippen LogP contribution in [-0.4, -0.2) is 49.6 Å². The minimum atomic E-state index is -3.82. The maximum absolute atomic E-state index is 12.4. The molecule has 8 nitrogen and oxygen atoms in total. The molecule has 0 saturated carbocycles. The number of benzene rings is 1. The van der Waals surface area contributed by atoms with E-state index in [2.05, 4.69) is 32.1 Å². The van der Waals surface area contributed by atoms with Crippen LogP contribution in [0.5, 0.6) is 0 Å². The SMILES string of the molecule is CCCCN(C)CCC(=O)Nc1ccc(S(=O)(=O)Nc2ccc(Cl)nn2)cc1. The van der Waals surface area contributed by atoms with E-state index in [4.69, 9.17) is 11.6 Å². The van der Waals surface area contributed by atoms with E-state index in [1.807, 2.05) is 7.05 Å². The van der Waals surface area contributed by atoms with E-state index in [1.54, 1.807) is 12.1 Å². The Kier molecular flexibility index (Phi) is 8.16. The number of carbonyl (C=O) groups is 1. The highest BCUT2D eigenvalue weighted by Crippen LogP contribution is 2.17. The highest BCUT2D eigenvalue weighted by molar-refractivity contribution is 7.92. The molecular formula is C18H24ClN5O3S. The summed E-state index contributed by atoms with van der Waals surface area (Å²) in [6, 6.07) is 8.76. The molecule has 0 radical (unpaired) electrons. The summed E-state index contributed by atoms with van der Waals surface area (Å²) < 4.78 is 27.1. The largest absolute Gasteiger partial charge is 0.326 e. The molecule has 152 valence electrons. The lowest BCUT2D eigenvalue weighted by Gasteiger charge is -2.15. The predicted octanol–water partition coefficient (Wildman–Crippen LogP) is 2.99. The Morgan fingerprint density at radius 2 is 1.82 bits per heavy atom. The Labute approximate surface area is 170 Å². The number of hydrogen-bond donors (Lipinski definition) is 2. The quantitative estimate of drug-likeness (QED) is 0.606. The number of anilines is 2. The third kappa shape index (κ3) is 7.06. The lowest BCUT2D eigenvalue weighted by Crippen LogP contribution is -2.25. The number of carbonyl (C=O) groups excluding carboxylic acids is 1. The molecule has 2 rings (SSSR count). The fourth-order valence-corrected chi connectivity index (χ4v) is 3.44. The average Bonchev–Trinajstić information content (AvgIpc) is 2.67. The minimum absolute atomic E-state index is 0.0431. The molecule has 1 aromatic carbocycles. The van der Waals surface area contributed by atoms with Gasteiger partial charge in [0, 0.05) is 18.7 Å². The van der Waals surface area contributed by atoms with Crippen molar-refractivity contribution in [3.8, 4) is 0 Å². The van der Waals surface area contributed by atoms with E-state index in [1.165, 1.54) is 24.3 Å². The van der Waals surface area contributed by atoms with Crippen LogP contribution in [-0.2, 0) is 14.8 Å². The maximum atomic E-state index is 12.4. The summed E-state index contributed by atoms with van der Waals surface area (Å²) in [4.78, 5) is 14.2. The zero-order valence-corrected chi connectivity index (χ0v) is 17.4. The first kappa shape index (κ1) is 22.1. The number of hydrogen-bond acceptors (Lipinski definition) is 6. The van der Waals surface area contributed by atoms with Crippen molar-refractivity contribution >= 4 is 39.0 Å². The van der Waals surface area contributed by atoms with E-state index in [0.717, 1.165) is 19.4 Å². The molecule has 1 aromatic heterocycles. The van der Waals surface area contributed by atoms with Gasteiger partial charge in [-0.15, -0.1) is 10.2 Å². The Hall–Kier alpha value is -2.23. The van der Waals surface area contributed by atoms with Gasteiger partial charge in [-0.1, -0.05) is 24.9 Å². The smallest absolute Gasteiger partial charge is 0.263 e. The molecular weight excluding hydrogens is 402 g/mol. The second kappa shape index (κ2) is 10.4. The molecule has 0 unspecified atom stereocenters. The second-order valence-electron chi connectivity index (χ2n) is 6.33. The molecule has 0 saturated heterocycles. The van der Waals surface area contributed by atoms with E-state index in [9.17, 15) is 13.2 Å². The summed E-state index contributed by atoms with van der Waals surface area (Å²) in [5.41, 5.74) is 0.534. The van der Waals surface area contributed by atoms with Crippen LogP contribution < -0.4 is 10.0 Å². The van der Waals surface area contributed by atoms with E-state index < -0.39 is 10.0 Å².